The quantitative estimate of drug-likeness (QED) is 0.546. The molecule has 1 aromatic rings. The predicted octanol–water partition coefficient (Wildman–Crippen LogP) is 3.86. The normalized spacial score (nSPS) is 11.9. The lowest BCUT2D eigenvalue weighted by Crippen LogP contribution is -2.20. The summed E-state index contributed by atoms with van der Waals surface area (Å²) in [5, 5.41) is 3.71. The van der Waals surface area contributed by atoms with E-state index in [9.17, 15) is 13.2 Å². The molecule has 0 saturated carbocycles. The van der Waals surface area contributed by atoms with E-state index < -0.39 is 11.7 Å². The van der Waals surface area contributed by atoms with E-state index in [0.717, 1.165) is 43.9 Å². The van der Waals surface area contributed by atoms with Gasteiger partial charge >= 0.3 is 6.18 Å². The molecule has 0 aliphatic carbocycles. The van der Waals surface area contributed by atoms with Crippen LogP contribution in [0.25, 0.3) is 0 Å². The van der Waals surface area contributed by atoms with E-state index >= 15 is 0 Å². The third-order valence-corrected chi connectivity index (χ3v) is 4.10. The van der Waals surface area contributed by atoms with E-state index in [1.165, 1.54) is 11.8 Å². The summed E-state index contributed by atoms with van der Waals surface area (Å²) in [6.07, 6.45) is -1.67. The molecular weight excluding hydrogens is 325 g/mol. The van der Waals surface area contributed by atoms with E-state index in [1.807, 2.05) is 0 Å². The van der Waals surface area contributed by atoms with Gasteiger partial charge in [-0.25, -0.2) is 4.98 Å². The number of methoxy groups -OCH3 is 1. The molecule has 1 heterocycles. The van der Waals surface area contributed by atoms with Crippen molar-refractivity contribution >= 4 is 23.4 Å². The number of ether oxygens (including phenoxy) is 1. The van der Waals surface area contributed by atoms with Gasteiger partial charge in [0.05, 0.1) is 17.2 Å². The third-order valence-electron chi connectivity index (χ3n) is 2.60. The monoisotopic (exact) mass is 342 g/mol. The highest BCUT2D eigenvalue weighted by molar-refractivity contribution is 7.99. The molecule has 120 valence electrons. The topological polar surface area (TPSA) is 34.1 Å². The SMILES string of the molecule is COCCNCCCCSc1ncc(C(F)(F)F)cc1Cl. The van der Waals surface area contributed by atoms with E-state index in [-0.39, 0.29) is 5.02 Å². The van der Waals surface area contributed by atoms with Crippen molar-refractivity contribution in [2.24, 2.45) is 0 Å². The molecule has 0 radical (unpaired) electrons. The van der Waals surface area contributed by atoms with Crippen molar-refractivity contribution in [3.05, 3.63) is 22.8 Å². The number of nitrogens with one attached hydrogen (secondary N) is 1. The summed E-state index contributed by atoms with van der Waals surface area (Å²) in [5.74, 6) is 0.768. The van der Waals surface area contributed by atoms with E-state index in [4.69, 9.17) is 16.3 Å². The number of rotatable bonds is 9. The number of aromatic nitrogens is 1. The Labute approximate surface area is 131 Å². The Bertz CT molecular complexity index is 432. The van der Waals surface area contributed by atoms with Gasteiger partial charge in [-0.2, -0.15) is 13.2 Å². The molecule has 21 heavy (non-hydrogen) atoms. The van der Waals surface area contributed by atoms with Crippen LogP contribution in [0.3, 0.4) is 0 Å². The molecule has 8 heteroatoms. The Kier molecular flexibility index (Phi) is 8.39. The molecular formula is C13H18ClF3N2OS. The standard InChI is InChI=1S/C13H18ClF3N2OS/c1-20-6-5-18-4-2-3-7-21-12-11(14)8-10(9-19-12)13(15,16)17/h8-9,18H,2-7H2,1H3. The molecule has 0 spiro atoms. The Morgan fingerprint density at radius 1 is 1.33 bits per heavy atom. The Balaban J connectivity index is 2.27. The number of hydrogen-bond acceptors (Lipinski definition) is 4. The molecule has 0 aliphatic rings. The second-order valence-electron chi connectivity index (χ2n) is 4.31. The molecule has 0 saturated heterocycles. The number of alkyl halides is 3. The van der Waals surface area contributed by atoms with Crippen molar-refractivity contribution in [1.82, 2.24) is 10.3 Å². The molecule has 1 rings (SSSR count). The van der Waals surface area contributed by atoms with Gasteiger partial charge in [0.1, 0.15) is 5.03 Å². The number of halogens is 4. The number of thioether (sulfide) groups is 1. The van der Waals surface area contributed by atoms with Gasteiger partial charge in [0.15, 0.2) is 0 Å². The minimum atomic E-state index is -4.41. The van der Waals surface area contributed by atoms with Crippen molar-refractivity contribution in [3.63, 3.8) is 0 Å². The van der Waals surface area contributed by atoms with Crippen LogP contribution in [0.5, 0.6) is 0 Å². The summed E-state index contributed by atoms with van der Waals surface area (Å²) >= 11 is 7.19. The van der Waals surface area contributed by atoms with Crippen LogP contribution in [0, 0.1) is 0 Å². The number of unbranched alkanes of at least 4 members (excludes halogenated alkanes) is 1. The Morgan fingerprint density at radius 2 is 2.10 bits per heavy atom. The lowest BCUT2D eigenvalue weighted by Gasteiger charge is -2.09. The molecule has 1 aromatic heterocycles. The van der Waals surface area contributed by atoms with Crippen LogP contribution >= 0.6 is 23.4 Å². The highest BCUT2D eigenvalue weighted by atomic mass is 35.5. The lowest BCUT2D eigenvalue weighted by molar-refractivity contribution is -0.137. The maximum atomic E-state index is 12.5. The summed E-state index contributed by atoms with van der Waals surface area (Å²) in [6, 6.07) is 0.920. The smallest absolute Gasteiger partial charge is 0.383 e. The van der Waals surface area contributed by atoms with Gasteiger partial charge in [-0.05, 0) is 31.2 Å². The number of nitrogens with zero attached hydrogens (tertiary/aromatic N) is 1. The molecule has 0 amide bonds. The first kappa shape index (κ1) is 18.5. The van der Waals surface area contributed by atoms with Crippen LogP contribution in [0.2, 0.25) is 5.02 Å². The van der Waals surface area contributed by atoms with Crippen molar-refractivity contribution in [1.29, 1.82) is 0 Å². The fourth-order valence-electron chi connectivity index (χ4n) is 1.51. The van der Waals surface area contributed by atoms with E-state index in [2.05, 4.69) is 10.3 Å². The minimum absolute atomic E-state index is 0.0491. The van der Waals surface area contributed by atoms with Gasteiger partial charge in [-0.15, -0.1) is 11.8 Å². The van der Waals surface area contributed by atoms with Crippen LogP contribution in [0.15, 0.2) is 17.3 Å². The van der Waals surface area contributed by atoms with Gasteiger partial charge in [0.2, 0.25) is 0 Å². The molecule has 0 aromatic carbocycles. The molecule has 0 atom stereocenters. The average molecular weight is 343 g/mol. The van der Waals surface area contributed by atoms with Crippen molar-refractivity contribution in [2.45, 2.75) is 24.0 Å². The zero-order valence-electron chi connectivity index (χ0n) is 11.7. The second-order valence-corrected chi connectivity index (χ2v) is 5.80. The molecule has 0 unspecified atom stereocenters. The summed E-state index contributed by atoms with van der Waals surface area (Å²) in [6.45, 7) is 2.38. The summed E-state index contributed by atoms with van der Waals surface area (Å²) in [5.41, 5.74) is -0.820. The summed E-state index contributed by atoms with van der Waals surface area (Å²) < 4.78 is 42.3. The molecule has 0 fully saturated rings. The van der Waals surface area contributed by atoms with Gasteiger partial charge < -0.3 is 10.1 Å². The maximum Gasteiger partial charge on any atom is 0.417 e. The zero-order valence-corrected chi connectivity index (χ0v) is 13.2. The first-order chi connectivity index (χ1) is 9.95. The minimum Gasteiger partial charge on any atom is -0.383 e. The zero-order chi connectivity index (χ0) is 15.7. The van der Waals surface area contributed by atoms with Gasteiger partial charge in [0, 0.05) is 19.9 Å². The Hall–Kier alpha value is -0.500. The largest absolute Gasteiger partial charge is 0.417 e. The molecule has 3 nitrogen and oxygen atoms in total. The van der Waals surface area contributed by atoms with Crippen LogP contribution in [0.4, 0.5) is 13.2 Å². The third kappa shape index (κ3) is 7.35. The average Bonchev–Trinajstić information content (AvgIpc) is 2.42. The Morgan fingerprint density at radius 3 is 2.71 bits per heavy atom. The lowest BCUT2D eigenvalue weighted by atomic mass is 10.3. The van der Waals surface area contributed by atoms with Crippen LogP contribution < -0.4 is 5.32 Å². The summed E-state index contributed by atoms with van der Waals surface area (Å²) in [7, 11) is 1.65. The van der Waals surface area contributed by atoms with Crippen LogP contribution in [-0.4, -0.2) is 37.5 Å². The van der Waals surface area contributed by atoms with Crippen LogP contribution in [0.1, 0.15) is 18.4 Å². The predicted molar refractivity (Wildman–Crippen MR) is 79.0 cm³/mol. The van der Waals surface area contributed by atoms with Gasteiger partial charge in [-0.3, -0.25) is 0 Å². The fraction of sp³-hybridized carbons (Fsp3) is 0.615. The van der Waals surface area contributed by atoms with Gasteiger partial charge in [0.25, 0.3) is 0 Å². The van der Waals surface area contributed by atoms with E-state index in [1.54, 1.807) is 7.11 Å². The first-order valence-corrected chi connectivity index (χ1v) is 7.86. The van der Waals surface area contributed by atoms with Crippen LogP contribution in [-0.2, 0) is 10.9 Å². The molecule has 1 N–H and O–H groups in total. The summed E-state index contributed by atoms with van der Waals surface area (Å²) in [4.78, 5) is 3.78. The molecule has 0 bridgehead atoms. The van der Waals surface area contributed by atoms with Crippen molar-refractivity contribution in [3.8, 4) is 0 Å². The van der Waals surface area contributed by atoms with Crippen molar-refractivity contribution < 1.29 is 17.9 Å². The molecule has 0 aliphatic heterocycles. The number of pyridine rings is 1. The second kappa shape index (κ2) is 9.50. The van der Waals surface area contributed by atoms with Crippen molar-refractivity contribution in [2.75, 3.05) is 32.6 Å². The first-order valence-electron chi connectivity index (χ1n) is 6.50. The van der Waals surface area contributed by atoms with E-state index in [0.29, 0.717) is 11.6 Å². The van der Waals surface area contributed by atoms with Gasteiger partial charge in [-0.1, -0.05) is 11.6 Å². The fourth-order valence-corrected chi connectivity index (χ4v) is 2.70. The maximum absolute atomic E-state index is 12.5. The highest BCUT2D eigenvalue weighted by Gasteiger charge is 2.31. The number of hydrogen-bond donors (Lipinski definition) is 1. The highest BCUT2D eigenvalue weighted by Crippen LogP contribution is 2.33.